The maximum Gasteiger partial charge on any atom is 0.230 e. The summed E-state index contributed by atoms with van der Waals surface area (Å²) in [6, 6.07) is 1.89. The lowest BCUT2D eigenvalue weighted by Gasteiger charge is -2.56. The number of furan rings is 1. The summed E-state index contributed by atoms with van der Waals surface area (Å²) in [7, 11) is 1.93. The predicted octanol–water partition coefficient (Wildman–Crippen LogP) is 3.81. The van der Waals surface area contributed by atoms with Gasteiger partial charge in [0.15, 0.2) is 11.0 Å². The predicted molar refractivity (Wildman–Crippen MR) is 108 cm³/mol. The molecule has 4 aliphatic rings. The number of nitrogens with one attached hydrogen (secondary N) is 1. The van der Waals surface area contributed by atoms with Crippen LogP contribution in [0.2, 0.25) is 0 Å². The van der Waals surface area contributed by atoms with E-state index in [1.165, 1.54) is 50.3 Å². The van der Waals surface area contributed by atoms with Gasteiger partial charge in [-0.25, -0.2) is 0 Å². The van der Waals surface area contributed by atoms with Gasteiger partial charge in [-0.3, -0.25) is 4.79 Å². The van der Waals surface area contributed by atoms with E-state index in [2.05, 4.69) is 15.5 Å². The lowest BCUT2D eigenvalue weighted by Crippen LogP contribution is -2.51. The summed E-state index contributed by atoms with van der Waals surface area (Å²) < 4.78 is 7.29. The van der Waals surface area contributed by atoms with E-state index in [9.17, 15) is 4.79 Å². The molecule has 2 heterocycles. The molecule has 7 heteroatoms. The molecule has 28 heavy (non-hydrogen) atoms. The summed E-state index contributed by atoms with van der Waals surface area (Å²) in [5, 5.41) is 12.5. The third-order valence-electron chi connectivity index (χ3n) is 7.09. The summed E-state index contributed by atoms with van der Waals surface area (Å²) in [6.07, 6.45) is 9.94. The van der Waals surface area contributed by atoms with Crippen LogP contribution in [0.5, 0.6) is 0 Å². The third kappa shape index (κ3) is 3.27. The number of carbonyl (C=O) groups is 1. The molecule has 4 aliphatic carbocycles. The minimum atomic E-state index is 0.102. The van der Waals surface area contributed by atoms with Crippen LogP contribution in [0.3, 0.4) is 0 Å². The lowest BCUT2D eigenvalue weighted by molar-refractivity contribution is -0.120. The molecule has 150 valence electrons. The zero-order valence-electron chi connectivity index (χ0n) is 16.6. The highest BCUT2D eigenvalue weighted by atomic mass is 32.2. The second-order valence-corrected chi connectivity index (χ2v) is 10.2. The molecular weight excluding hydrogens is 372 g/mol. The van der Waals surface area contributed by atoms with Crippen molar-refractivity contribution >= 4 is 17.7 Å². The van der Waals surface area contributed by atoms with Gasteiger partial charge in [0.25, 0.3) is 0 Å². The number of amides is 1. The van der Waals surface area contributed by atoms with E-state index < -0.39 is 0 Å². The van der Waals surface area contributed by atoms with Gasteiger partial charge in [-0.2, -0.15) is 0 Å². The first-order valence-corrected chi connectivity index (χ1v) is 11.3. The highest BCUT2D eigenvalue weighted by Gasteiger charge is 2.50. The minimum Gasteiger partial charge on any atom is -0.469 e. The summed E-state index contributed by atoms with van der Waals surface area (Å²) in [4.78, 5) is 12.5. The summed E-state index contributed by atoms with van der Waals surface area (Å²) in [5.74, 6) is 4.82. The van der Waals surface area contributed by atoms with Crippen molar-refractivity contribution in [1.82, 2.24) is 20.1 Å². The number of hydrogen-bond donors (Lipinski definition) is 1. The van der Waals surface area contributed by atoms with Crippen molar-refractivity contribution in [2.45, 2.75) is 50.6 Å². The minimum absolute atomic E-state index is 0.102. The van der Waals surface area contributed by atoms with Crippen LogP contribution in [0.25, 0.3) is 11.4 Å². The van der Waals surface area contributed by atoms with Crippen molar-refractivity contribution < 1.29 is 9.21 Å². The van der Waals surface area contributed by atoms with Crippen LogP contribution < -0.4 is 5.32 Å². The molecule has 1 N–H and O–H groups in total. The fraction of sp³-hybridized carbons (Fsp3) is 0.667. The maximum absolute atomic E-state index is 12.5. The van der Waals surface area contributed by atoms with Gasteiger partial charge in [0.2, 0.25) is 5.91 Å². The van der Waals surface area contributed by atoms with E-state index in [0.717, 1.165) is 46.6 Å². The van der Waals surface area contributed by atoms with Gasteiger partial charge in [-0.15, -0.1) is 10.2 Å². The normalized spacial score (nSPS) is 30.7. The molecular formula is C21H28N4O2S. The number of aryl methyl sites for hydroxylation is 1. The molecule has 4 saturated carbocycles. The van der Waals surface area contributed by atoms with Crippen LogP contribution in [0, 0.1) is 30.1 Å². The fourth-order valence-corrected chi connectivity index (χ4v) is 7.01. The molecule has 1 amide bonds. The Morgan fingerprint density at radius 3 is 2.54 bits per heavy atom. The SMILES string of the molecule is Cc1occc1-c1nnc(SCC(=O)NCC23CC4CC(CC(C4)C2)C3)n1C. The molecule has 0 radical (unpaired) electrons. The molecule has 0 spiro atoms. The molecule has 4 bridgehead atoms. The number of thioether (sulfide) groups is 1. The standard InChI is InChI=1S/C21H28N4O2S/c1-13-17(3-4-27-13)19-23-24-20(25(19)2)28-11-18(26)22-12-21-8-14-5-15(9-21)7-16(6-14)10-21/h3-4,14-16H,5-12H2,1-2H3,(H,22,26). The lowest BCUT2D eigenvalue weighted by atomic mass is 9.49. The molecule has 6 nitrogen and oxygen atoms in total. The van der Waals surface area contributed by atoms with Gasteiger partial charge in [0, 0.05) is 13.6 Å². The van der Waals surface area contributed by atoms with Crippen LogP contribution >= 0.6 is 11.8 Å². The molecule has 2 aromatic heterocycles. The molecule has 0 unspecified atom stereocenters. The zero-order chi connectivity index (χ0) is 19.3. The summed E-state index contributed by atoms with van der Waals surface area (Å²) in [5.41, 5.74) is 1.32. The van der Waals surface area contributed by atoms with Crippen molar-refractivity contribution in [3.05, 3.63) is 18.1 Å². The number of hydrogen-bond acceptors (Lipinski definition) is 5. The highest BCUT2D eigenvalue weighted by molar-refractivity contribution is 7.99. The topological polar surface area (TPSA) is 72.9 Å². The zero-order valence-corrected chi connectivity index (χ0v) is 17.4. The van der Waals surface area contributed by atoms with Crippen LogP contribution in [0.1, 0.15) is 44.3 Å². The monoisotopic (exact) mass is 400 g/mol. The number of carbonyl (C=O) groups excluding carboxylic acids is 1. The number of nitrogens with zero attached hydrogens (tertiary/aromatic N) is 3. The quantitative estimate of drug-likeness (QED) is 0.747. The average molecular weight is 401 g/mol. The van der Waals surface area contributed by atoms with Crippen LogP contribution in [0.15, 0.2) is 21.9 Å². The van der Waals surface area contributed by atoms with Gasteiger partial charge in [0.05, 0.1) is 17.6 Å². The Bertz CT molecular complexity index is 852. The Hall–Kier alpha value is -1.76. The Labute approximate surface area is 169 Å². The Morgan fingerprint density at radius 1 is 1.25 bits per heavy atom. The largest absolute Gasteiger partial charge is 0.469 e. The summed E-state index contributed by atoms with van der Waals surface area (Å²) in [6.45, 7) is 2.77. The second-order valence-electron chi connectivity index (χ2n) is 9.24. The van der Waals surface area contributed by atoms with Gasteiger partial charge >= 0.3 is 0 Å². The van der Waals surface area contributed by atoms with Crippen molar-refractivity contribution in [3.63, 3.8) is 0 Å². The molecule has 2 aromatic rings. The molecule has 6 rings (SSSR count). The average Bonchev–Trinajstić information content (AvgIpc) is 3.22. The van der Waals surface area contributed by atoms with Gasteiger partial charge in [-0.05, 0) is 74.7 Å². The van der Waals surface area contributed by atoms with E-state index in [-0.39, 0.29) is 5.91 Å². The number of rotatable bonds is 6. The first-order valence-electron chi connectivity index (χ1n) is 10.3. The van der Waals surface area contributed by atoms with E-state index in [0.29, 0.717) is 11.2 Å². The molecule has 0 aliphatic heterocycles. The molecule has 0 saturated heterocycles. The van der Waals surface area contributed by atoms with Crippen molar-refractivity contribution in [3.8, 4) is 11.4 Å². The Balaban J connectivity index is 1.17. The van der Waals surface area contributed by atoms with Gasteiger partial charge in [0.1, 0.15) is 5.76 Å². The van der Waals surface area contributed by atoms with E-state index >= 15 is 0 Å². The Morgan fingerprint density at radius 2 is 1.93 bits per heavy atom. The van der Waals surface area contributed by atoms with E-state index in [1.807, 2.05) is 24.6 Å². The van der Waals surface area contributed by atoms with Crippen molar-refractivity contribution in [2.24, 2.45) is 30.2 Å². The van der Waals surface area contributed by atoms with Gasteiger partial charge in [-0.1, -0.05) is 11.8 Å². The van der Waals surface area contributed by atoms with Crippen molar-refractivity contribution in [1.29, 1.82) is 0 Å². The molecule has 0 aromatic carbocycles. The summed E-state index contributed by atoms with van der Waals surface area (Å²) >= 11 is 1.44. The second kappa shape index (κ2) is 6.94. The van der Waals surface area contributed by atoms with Crippen molar-refractivity contribution in [2.75, 3.05) is 12.3 Å². The number of aromatic nitrogens is 3. The van der Waals surface area contributed by atoms with Crippen LogP contribution in [-0.4, -0.2) is 33.0 Å². The highest BCUT2D eigenvalue weighted by Crippen LogP contribution is 2.59. The molecule has 4 fully saturated rings. The Kier molecular flexibility index (Phi) is 4.53. The van der Waals surface area contributed by atoms with E-state index in [4.69, 9.17) is 4.42 Å². The first kappa shape index (κ1) is 18.3. The molecule has 0 atom stereocenters. The first-order chi connectivity index (χ1) is 13.5. The van der Waals surface area contributed by atoms with Gasteiger partial charge < -0.3 is 14.3 Å². The maximum atomic E-state index is 12.5. The fourth-order valence-electron chi connectivity index (χ4n) is 6.27. The smallest absolute Gasteiger partial charge is 0.230 e. The van der Waals surface area contributed by atoms with Crippen LogP contribution in [-0.2, 0) is 11.8 Å². The van der Waals surface area contributed by atoms with Crippen LogP contribution in [0.4, 0.5) is 0 Å². The third-order valence-corrected chi connectivity index (χ3v) is 8.11. The van der Waals surface area contributed by atoms with E-state index in [1.54, 1.807) is 6.26 Å².